The summed E-state index contributed by atoms with van der Waals surface area (Å²) >= 11 is 0. The molecule has 0 saturated heterocycles. The predicted molar refractivity (Wildman–Crippen MR) is 142 cm³/mol. The van der Waals surface area contributed by atoms with E-state index in [1.165, 1.54) is 11.1 Å². The highest BCUT2D eigenvalue weighted by atomic mass is 19.1. The number of aliphatic hydroxyl groups excluding tert-OH is 1. The van der Waals surface area contributed by atoms with Crippen LogP contribution >= 0.6 is 0 Å². The highest BCUT2D eigenvalue weighted by molar-refractivity contribution is 5.92. The minimum Gasteiger partial charge on any atom is -0.392 e. The lowest BCUT2D eigenvalue weighted by Gasteiger charge is -2.31. The molecule has 1 aromatic heterocycles. The second-order valence-electron chi connectivity index (χ2n) is 10.1. The van der Waals surface area contributed by atoms with Crippen molar-refractivity contribution in [1.29, 1.82) is 0 Å². The molecular formula is C29H38FN3O3. The van der Waals surface area contributed by atoms with Gasteiger partial charge in [0.15, 0.2) is 0 Å². The zero-order valence-corrected chi connectivity index (χ0v) is 22.2. The van der Waals surface area contributed by atoms with Crippen LogP contribution in [0.4, 0.5) is 4.39 Å². The summed E-state index contributed by atoms with van der Waals surface area (Å²) in [5, 5.41) is 14.6. The van der Waals surface area contributed by atoms with Gasteiger partial charge in [-0.3, -0.25) is 4.79 Å². The summed E-state index contributed by atoms with van der Waals surface area (Å²) in [4.78, 5) is 26.9. The number of aryl methyl sites for hydroxylation is 1. The van der Waals surface area contributed by atoms with E-state index in [0.717, 1.165) is 59.0 Å². The molecule has 0 saturated carbocycles. The Kier molecular flexibility index (Phi) is 8.80. The first-order valence-electron chi connectivity index (χ1n) is 12.6. The summed E-state index contributed by atoms with van der Waals surface area (Å²) in [5.41, 5.74) is 7.88. The fraction of sp³-hybridized carbons (Fsp3) is 0.483. The van der Waals surface area contributed by atoms with E-state index < -0.39 is 0 Å². The van der Waals surface area contributed by atoms with E-state index in [0.29, 0.717) is 23.7 Å². The van der Waals surface area contributed by atoms with Crippen LogP contribution in [0.3, 0.4) is 0 Å². The number of aldehydes is 1. The number of aromatic nitrogens is 1. The van der Waals surface area contributed by atoms with Crippen molar-refractivity contribution in [2.24, 2.45) is 5.92 Å². The quantitative estimate of drug-likeness (QED) is 0.424. The van der Waals surface area contributed by atoms with Gasteiger partial charge in [0.05, 0.1) is 23.5 Å². The van der Waals surface area contributed by atoms with E-state index in [4.69, 9.17) is 9.78 Å². The zero-order valence-electron chi connectivity index (χ0n) is 22.2. The Balaban J connectivity index is 0.00000176. The van der Waals surface area contributed by atoms with Gasteiger partial charge in [0.1, 0.15) is 18.9 Å². The summed E-state index contributed by atoms with van der Waals surface area (Å²) in [6, 6.07) is 2.07. The largest absolute Gasteiger partial charge is 0.392 e. The van der Waals surface area contributed by atoms with Gasteiger partial charge in [-0.1, -0.05) is 27.7 Å². The fourth-order valence-corrected chi connectivity index (χ4v) is 5.51. The second kappa shape index (κ2) is 11.4. The summed E-state index contributed by atoms with van der Waals surface area (Å²) in [6.45, 7) is 12.7. The minimum absolute atomic E-state index is 0.109. The monoisotopic (exact) mass is 495 g/mol. The Bertz CT molecular complexity index is 1220. The fourth-order valence-electron chi connectivity index (χ4n) is 5.51. The molecule has 2 N–H and O–H groups in total. The molecule has 0 amide bonds. The van der Waals surface area contributed by atoms with Gasteiger partial charge in [0.25, 0.3) is 0 Å². The van der Waals surface area contributed by atoms with Gasteiger partial charge in [0, 0.05) is 48.3 Å². The molecule has 2 atom stereocenters. The summed E-state index contributed by atoms with van der Waals surface area (Å²) in [6.07, 6.45) is 5.35. The van der Waals surface area contributed by atoms with Gasteiger partial charge in [-0.2, -0.15) is 0 Å². The molecule has 0 radical (unpaired) electrons. The van der Waals surface area contributed by atoms with Crippen LogP contribution in [0.5, 0.6) is 0 Å². The number of benzene rings is 1. The Morgan fingerprint density at radius 1 is 1.33 bits per heavy atom. The van der Waals surface area contributed by atoms with Crippen molar-refractivity contribution >= 4 is 29.7 Å². The van der Waals surface area contributed by atoms with Gasteiger partial charge in [-0.05, 0) is 60.4 Å². The first-order valence-corrected chi connectivity index (χ1v) is 12.6. The number of aliphatic hydroxyl groups is 1. The summed E-state index contributed by atoms with van der Waals surface area (Å²) in [5.74, 6) is -0.102. The SMILES string of the molecule is C=O.CCC(C)C(/C=C1/c2nc3cc(F)c(C)c4c3c(c2CN1C)C(NC(C)C)CC4)=C(/C=O)CO. The van der Waals surface area contributed by atoms with Crippen LogP contribution in [0.2, 0.25) is 0 Å². The highest BCUT2D eigenvalue weighted by Crippen LogP contribution is 2.45. The van der Waals surface area contributed by atoms with E-state index in [2.05, 4.69) is 37.9 Å². The number of carbonyl (C=O) groups is 2. The molecule has 0 fully saturated rings. The van der Waals surface area contributed by atoms with Crippen molar-refractivity contribution in [3.05, 3.63) is 57.1 Å². The van der Waals surface area contributed by atoms with E-state index in [1.807, 2.05) is 26.8 Å². The lowest BCUT2D eigenvalue weighted by atomic mass is 9.81. The highest BCUT2D eigenvalue weighted by Gasteiger charge is 2.34. The number of hydrogen-bond acceptors (Lipinski definition) is 6. The molecule has 0 spiro atoms. The van der Waals surface area contributed by atoms with Crippen LogP contribution in [0.25, 0.3) is 16.6 Å². The van der Waals surface area contributed by atoms with E-state index >= 15 is 0 Å². The molecule has 0 bridgehead atoms. The molecule has 2 heterocycles. The molecule has 1 aliphatic carbocycles. The second-order valence-corrected chi connectivity index (χ2v) is 10.1. The van der Waals surface area contributed by atoms with Crippen LogP contribution in [0.1, 0.15) is 74.5 Å². The maximum absolute atomic E-state index is 14.9. The lowest BCUT2D eigenvalue weighted by Crippen LogP contribution is -2.31. The van der Waals surface area contributed by atoms with Crippen LogP contribution in [0, 0.1) is 18.7 Å². The average Bonchev–Trinajstić information content (AvgIpc) is 3.18. The van der Waals surface area contributed by atoms with Crippen molar-refractivity contribution in [3.8, 4) is 0 Å². The molecule has 2 unspecified atom stereocenters. The Hall–Kier alpha value is -2.90. The zero-order chi connectivity index (χ0) is 26.7. The van der Waals surface area contributed by atoms with Crippen molar-refractivity contribution in [2.75, 3.05) is 13.7 Å². The third kappa shape index (κ3) is 4.87. The molecule has 7 heteroatoms. The van der Waals surface area contributed by atoms with Crippen LogP contribution in [0.15, 0.2) is 23.3 Å². The first-order chi connectivity index (χ1) is 17.2. The molecule has 6 nitrogen and oxygen atoms in total. The van der Waals surface area contributed by atoms with E-state index in [9.17, 15) is 14.3 Å². The number of nitrogens with zero attached hydrogens (tertiary/aromatic N) is 2. The number of halogens is 1. The summed E-state index contributed by atoms with van der Waals surface area (Å²) in [7, 11) is 2.03. The van der Waals surface area contributed by atoms with Crippen molar-refractivity contribution in [3.63, 3.8) is 0 Å². The Morgan fingerprint density at radius 3 is 2.61 bits per heavy atom. The lowest BCUT2D eigenvalue weighted by molar-refractivity contribution is -0.105. The van der Waals surface area contributed by atoms with Gasteiger partial charge in [-0.15, -0.1) is 0 Å². The number of nitrogens with one attached hydrogen (secondary N) is 1. The normalized spacial score (nSPS) is 19.2. The Labute approximate surface area is 213 Å². The van der Waals surface area contributed by atoms with Gasteiger partial charge >= 0.3 is 0 Å². The van der Waals surface area contributed by atoms with Crippen LogP contribution in [-0.4, -0.2) is 47.8 Å². The first kappa shape index (κ1) is 27.7. The number of rotatable bonds is 7. The van der Waals surface area contributed by atoms with E-state index in [1.54, 1.807) is 6.07 Å². The number of allylic oxidation sites excluding steroid dienone is 2. The van der Waals surface area contributed by atoms with Gasteiger partial charge in [-0.25, -0.2) is 9.37 Å². The van der Waals surface area contributed by atoms with Crippen molar-refractivity contribution in [2.45, 2.75) is 72.5 Å². The predicted octanol–water partition coefficient (Wildman–Crippen LogP) is 4.80. The number of pyridine rings is 1. The summed E-state index contributed by atoms with van der Waals surface area (Å²) < 4.78 is 14.9. The molecule has 36 heavy (non-hydrogen) atoms. The average molecular weight is 496 g/mol. The number of carbonyl (C=O) groups excluding carboxylic acids is 2. The topological polar surface area (TPSA) is 82.5 Å². The third-order valence-electron chi connectivity index (χ3n) is 7.48. The molecule has 4 rings (SSSR count). The molecule has 2 aliphatic rings. The number of hydrogen-bond donors (Lipinski definition) is 2. The maximum atomic E-state index is 14.9. The van der Waals surface area contributed by atoms with Crippen LogP contribution in [-0.2, 0) is 22.6 Å². The molecule has 1 aromatic carbocycles. The minimum atomic E-state index is -0.297. The number of fused-ring (bicyclic) bond motifs is 2. The van der Waals surface area contributed by atoms with Crippen molar-refractivity contribution in [1.82, 2.24) is 15.2 Å². The molecule has 194 valence electrons. The maximum Gasteiger partial charge on any atom is 0.148 e. The van der Waals surface area contributed by atoms with E-state index in [-0.39, 0.29) is 24.4 Å². The van der Waals surface area contributed by atoms with Crippen LogP contribution < -0.4 is 5.32 Å². The van der Waals surface area contributed by atoms with Crippen molar-refractivity contribution < 1.29 is 19.1 Å². The third-order valence-corrected chi connectivity index (χ3v) is 7.48. The van der Waals surface area contributed by atoms with Gasteiger partial charge in [0.2, 0.25) is 0 Å². The molecule has 1 aliphatic heterocycles. The Morgan fingerprint density at radius 2 is 2.03 bits per heavy atom. The van der Waals surface area contributed by atoms with Gasteiger partial charge < -0.3 is 20.1 Å². The smallest absolute Gasteiger partial charge is 0.148 e. The molecule has 2 aromatic rings. The molecular weight excluding hydrogens is 457 g/mol. The standard InChI is InChI=1S/C28H36FN3O2.CH2O/c1-7-16(4)20(18(13-33)14-34)10-25-28-21(12-32(25)6)27-23(30-15(2)3)9-8-19-17(5)22(29)11-24(31-28)26(19)27;1-2/h10-11,13,15-16,23,30,34H,7-9,12,14H2,1-6H3;1H2/b20-18-,25-10-;.